The highest BCUT2D eigenvalue weighted by molar-refractivity contribution is 4.99. The van der Waals surface area contributed by atoms with Gasteiger partial charge in [0.15, 0.2) is 0 Å². The standard InChI is InChI=1S/C13H25N3O/c1-6-14-11(13(3,4)17-5)10-12-15-8-9-16(12)7-2/h8-9,11,14H,6-7,10H2,1-5H3. The van der Waals surface area contributed by atoms with Crippen molar-refractivity contribution in [3.05, 3.63) is 18.2 Å². The summed E-state index contributed by atoms with van der Waals surface area (Å²) in [6, 6.07) is 0.269. The minimum Gasteiger partial charge on any atom is -0.377 e. The molecule has 1 unspecified atom stereocenters. The largest absolute Gasteiger partial charge is 0.377 e. The first kappa shape index (κ1) is 14.2. The number of aryl methyl sites for hydroxylation is 1. The molecule has 1 N–H and O–H groups in total. The summed E-state index contributed by atoms with van der Waals surface area (Å²) in [5, 5.41) is 3.49. The minimum atomic E-state index is -0.194. The van der Waals surface area contributed by atoms with Gasteiger partial charge in [-0.05, 0) is 27.3 Å². The van der Waals surface area contributed by atoms with Gasteiger partial charge >= 0.3 is 0 Å². The Kier molecular flexibility index (Phi) is 5.15. The second kappa shape index (κ2) is 6.17. The first-order chi connectivity index (χ1) is 8.05. The van der Waals surface area contributed by atoms with Crippen LogP contribution in [-0.4, -0.2) is 34.8 Å². The summed E-state index contributed by atoms with van der Waals surface area (Å²) in [6.45, 7) is 10.4. The second-order valence-corrected chi connectivity index (χ2v) is 4.75. The van der Waals surface area contributed by atoms with Gasteiger partial charge in [-0.15, -0.1) is 0 Å². The number of nitrogens with one attached hydrogen (secondary N) is 1. The molecule has 0 saturated heterocycles. The molecule has 1 aromatic heterocycles. The van der Waals surface area contributed by atoms with Crippen molar-refractivity contribution in [3.8, 4) is 0 Å². The lowest BCUT2D eigenvalue weighted by atomic mass is 9.95. The van der Waals surface area contributed by atoms with E-state index in [1.54, 1.807) is 7.11 Å². The summed E-state index contributed by atoms with van der Waals surface area (Å²) in [5.41, 5.74) is -0.194. The molecule has 1 aromatic rings. The van der Waals surface area contributed by atoms with Gasteiger partial charge in [0, 0.05) is 38.5 Å². The van der Waals surface area contributed by atoms with Crippen molar-refractivity contribution in [2.45, 2.75) is 52.3 Å². The molecule has 98 valence electrons. The number of methoxy groups -OCH3 is 1. The zero-order valence-corrected chi connectivity index (χ0v) is 11.7. The Morgan fingerprint density at radius 2 is 2.18 bits per heavy atom. The van der Waals surface area contributed by atoms with Gasteiger partial charge in [-0.25, -0.2) is 4.98 Å². The quantitative estimate of drug-likeness (QED) is 0.789. The number of hydrogen-bond acceptors (Lipinski definition) is 3. The molecular weight excluding hydrogens is 214 g/mol. The summed E-state index contributed by atoms with van der Waals surface area (Å²) < 4.78 is 7.75. The number of likely N-dealkylation sites (N-methyl/N-ethyl adjacent to an activating group) is 1. The number of aromatic nitrogens is 2. The molecule has 1 rings (SSSR count). The van der Waals surface area contributed by atoms with Crippen molar-refractivity contribution in [3.63, 3.8) is 0 Å². The van der Waals surface area contributed by atoms with Crippen LogP contribution in [0.5, 0.6) is 0 Å². The van der Waals surface area contributed by atoms with Crippen molar-refractivity contribution in [2.75, 3.05) is 13.7 Å². The number of hydrogen-bond donors (Lipinski definition) is 1. The van der Waals surface area contributed by atoms with Crippen LogP contribution >= 0.6 is 0 Å². The van der Waals surface area contributed by atoms with E-state index in [-0.39, 0.29) is 11.6 Å². The molecule has 0 aliphatic carbocycles. The fourth-order valence-corrected chi connectivity index (χ4v) is 1.95. The van der Waals surface area contributed by atoms with E-state index in [9.17, 15) is 0 Å². The monoisotopic (exact) mass is 239 g/mol. The van der Waals surface area contributed by atoms with Crippen molar-refractivity contribution < 1.29 is 4.74 Å². The molecule has 17 heavy (non-hydrogen) atoms. The van der Waals surface area contributed by atoms with E-state index >= 15 is 0 Å². The Morgan fingerprint density at radius 3 is 2.71 bits per heavy atom. The molecule has 0 spiro atoms. The first-order valence-corrected chi connectivity index (χ1v) is 6.33. The number of imidazole rings is 1. The van der Waals surface area contributed by atoms with E-state index in [1.165, 1.54) is 0 Å². The average Bonchev–Trinajstić information content (AvgIpc) is 2.75. The summed E-state index contributed by atoms with van der Waals surface area (Å²) >= 11 is 0. The number of rotatable bonds is 7. The highest BCUT2D eigenvalue weighted by Gasteiger charge is 2.29. The van der Waals surface area contributed by atoms with Gasteiger partial charge in [-0.1, -0.05) is 6.92 Å². The van der Waals surface area contributed by atoms with Gasteiger partial charge in [0.05, 0.1) is 5.60 Å². The van der Waals surface area contributed by atoms with Crippen LogP contribution in [0.4, 0.5) is 0 Å². The molecule has 0 fully saturated rings. The van der Waals surface area contributed by atoms with Gasteiger partial charge < -0.3 is 14.6 Å². The van der Waals surface area contributed by atoms with Crippen LogP contribution in [0.1, 0.15) is 33.5 Å². The Hall–Kier alpha value is -0.870. The van der Waals surface area contributed by atoms with Crippen molar-refractivity contribution in [2.24, 2.45) is 0 Å². The molecular formula is C13H25N3O. The molecule has 1 heterocycles. The van der Waals surface area contributed by atoms with Crippen LogP contribution < -0.4 is 5.32 Å². The summed E-state index contributed by atoms with van der Waals surface area (Å²) in [5.74, 6) is 1.11. The van der Waals surface area contributed by atoms with Gasteiger partial charge in [0.2, 0.25) is 0 Å². The van der Waals surface area contributed by atoms with E-state index < -0.39 is 0 Å². The van der Waals surface area contributed by atoms with Gasteiger partial charge in [0.1, 0.15) is 5.82 Å². The van der Waals surface area contributed by atoms with Crippen molar-refractivity contribution >= 4 is 0 Å². The third kappa shape index (κ3) is 3.54. The fourth-order valence-electron chi connectivity index (χ4n) is 1.95. The summed E-state index contributed by atoms with van der Waals surface area (Å²) in [4.78, 5) is 4.42. The Labute approximate surface area is 104 Å². The van der Waals surface area contributed by atoms with Gasteiger partial charge in [-0.3, -0.25) is 0 Å². The zero-order valence-electron chi connectivity index (χ0n) is 11.7. The van der Waals surface area contributed by atoms with Crippen LogP contribution in [0, 0.1) is 0 Å². The smallest absolute Gasteiger partial charge is 0.110 e. The van der Waals surface area contributed by atoms with Gasteiger partial charge in [0.25, 0.3) is 0 Å². The van der Waals surface area contributed by atoms with Gasteiger partial charge in [-0.2, -0.15) is 0 Å². The number of ether oxygens (including phenoxy) is 1. The molecule has 0 aromatic carbocycles. The molecule has 4 heteroatoms. The number of nitrogens with zero attached hydrogens (tertiary/aromatic N) is 2. The lowest BCUT2D eigenvalue weighted by Crippen LogP contribution is -2.49. The van der Waals surface area contributed by atoms with Crippen LogP contribution in [0.2, 0.25) is 0 Å². The highest BCUT2D eigenvalue weighted by atomic mass is 16.5. The summed E-state index contributed by atoms with van der Waals surface area (Å²) in [7, 11) is 1.76. The molecule has 0 radical (unpaired) electrons. The van der Waals surface area contributed by atoms with Crippen molar-refractivity contribution in [1.29, 1.82) is 0 Å². The third-order valence-electron chi connectivity index (χ3n) is 3.34. The molecule has 4 nitrogen and oxygen atoms in total. The Bertz CT molecular complexity index is 333. The zero-order chi connectivity index (χ0) is 12.9. The SMILES string of the molecule is CCNC(Cc1nccn1CC)C(C)(C)OC. The van der Waals surface area contributed by atoms with E-state index in [0.29, 0.717) is 0 Å². The molecule has 0 aliphatic heterocycles. The predicted octanol–water partition coefficient (Wildman–Crippen LogP) is 1.85. The maximum Gasteiger partial charge on any atom is 0.110 e. The molecule has 0 saturated carbocycles. The first-order valence-electron chi connectivity index (χ1n) is 6.33. The Balaban J connectivity index is 2.80. The third-order valence-corrected chi connectivity index (χ3v) is 3.34. The highest BCUT2D eigenvalue weighted by Crippen LogP contribution is 2.17. The van der Waals surface area contributed by atoms with Crippen LogP contribution in [0.3, 0.4) is 0 Å². The predicted molar refractivity (Wildman–Crippen MR) is 70.2 cm³/mol. The van der Waals surface area contributed by atoms with E-state index in [1.807, 2.05) is 12.4 Å². The topological polar surface area (TPSA) is 39.1 Å². The fraction of sp³-hybridized carbons (Fsp3) is 0.769. The van der Waals surface area contributed by atoms with E-state index in [4.69, 9.17) is 4.74 Å². The second-order valence-electron chi connectivity index (χ2n) is 4.75. The molecule has 0 bridgehead atoms. The molecule has 1 atom stereocenters. The van der Waals surface area contributed by atoms with Crippen LogP contribution in [0.25, 0.3) is 0 Å². The Morgan fingerprint density at radius 1 is 1.47 bits per heavy atom. The maximum atomic E-state index is 5.58. The lowest BCUT2D eigenvalue weighted by molar-refractivity contribution is -0.0103. The minimum absolute atomic E-state index is 0.194. The van der Waals surface area contributed by atoms with Crippen LogP contribution in [-0.2, 0) is 17.7 Å². The lowest BCUT2D eigenvalue weighted by Gasteiger charge is -2.33. The molecule has 0 amide bonds. The normalized spacial score (nSPS) is 13.9. The van der Waals surface area contributed by atoms with E-state index in [2.05, 4.69) is 42.6 Å². The van der Waals surface area contributed by atoms with E-state index in [0.717, 1.165) is 25.3 Å². The maximum absolute atomic E-state index is 5.58. The summed E-state index contributed by atoms with van der Waals surface area (Å²) in [6.07, 6.45) is 4.77. The van der Waals surface area contributed by atoms with Crippen molar-refractivity contribution in [1.82, 2.24) is 14.9 Å². The van der Waals surface area contributed by atoms with Crippen LogP contribution in [0.15, 0.2) is 12.4 Å². The average molecular weight is 239 g/mol. The molecule has 0 aliphatic rings.